The van der Waals surface area contributed by atoms with Crippen LogP contribution in [0.1, 0.15) is 18.8 Å². The van der Waals surface area contributed by atoms with E-state index in [4.69, 9.17) is 37.1 Å². The number of halogens is 1. The van der Waals surface area contributed by atoms with Gasteiger partial charge in [-0.25, -0.2) is 18.5 Å². The lowest BCUT2D eigenvalue weighted by molar-refractivity contribution is -0.0672. The summed E-state index contributed by atoms with van der Waals surface area (Å²) in [6.45, 7) is 1.66. The van der Waals surface area contributed by atoms with Crippen molar-refractivity contribution in [3.05, 3.63) is 32.6 Å². The minimum absolute atomic E-state index is 0.0666. The predicted molar refractivity (Wildman–Crippen MR) is 112 cm³/mol. The summed E-state index contributed by atoms with van der Waals surface area (Å²) in [5.41, 5.74) is -1.63. The Morgan fingerprint density at radius 1 is 1.26 bits per heavy atom. The Morgan fingerprint density at radius 2 is 1.85 bits per heavy atom. The number of terminal acetylenes is 1. The molecule has 1 aliphatic rings. The van der Waals surface area contributed by atoms with Crippen LogP contribution in [0.3, 0.4) is 0 Å². The number of phosphoric ester groups is 1. The maximum absolute atomic E-state index is 12.4. The van der Waals surface area contributed by atoms with Crippen molar-refractivity contribution in [2.75, 3.05) is 6.61 Å². The third-order valence-corrected chi connectivity index (χ3v) is 9.08. The lowest BCUT2D eigenvalue weighted by Gasteiger charge is -2.29. The van der Waals surface area contributed by atoms with Crippen LogP contribution in [0.4, 0.5) is 0 Å². The zero-order valence-electron chi connectivity index (χ0n) is 17.2. The van der Waals surface area contributed by atoms with Gasteiger partial charge >= 0.3 is 29.2 Å². The van der Waals surface area contributed by atoms with Gasteiger partial charge < -0.3 is 29.4 Å². The van der Waals surface area contributed by atoms with E-state index in [1.807, 2.05) is 4.98 Å². The van der Waals surface area contributed by atoms with Crippen molar-refractivity contribution in [3.8, 4) is 12.3 Å². The first-order chi connectivity index (χ1) is 15.4. The summed E-state index contributed by atoms with van der Waals surface area (Å²) in [7, 11) is -17.0. The molecule has 20 heteroatoms. The summed E-state index contributed by atoms with van der Waals surface area (Å²) in [5.74, 6) is 0.916. The molecular weight excluding hydrogens is 549 g/mol. The number of aromatic amines is 1. The number of rotatable bonds is 9. The molecule has 0 aliphatic carbocycles. The Labute approximate surface area is 195 Å². The van der Waals surface area contributed by atoms with Crippen LogP contribution in [-0.4, -0.2) is 57.9 Å². The number of nitrogens with zero attached hydrogens (tertiary/aromatic N) is 1. The molecule has 1 fully saturated rings. The third-order valence-electron chi connectivity index (χ3n) is 4.58. The molecule has 1 aromatic rings. The van der Waals surface area contributed by atoms with Crippen molar-refractivity contribution in [3.63, 3.8) is 0 Å². The van der Waals surface area contributed by atoms with Gasteiger partial charge in [-0.15, -0.1) is 6.42 Å². The Balaban J connectivity index is 2.38. The SMILES string of the molecule is C#CC1(Cl)C(CO)[C@@H]([C@@H](C)OP(=O)(O)OP(=O)(O)OP(=O)(O)O)O[C@H]1n1c(C)cc(=O)[nH]c1=O. The van der Waals surface area contributed by atoms with Crippen LogP contribution >= 0.6 is 35.1 Å². The summed E-state index contributed by atoms with van der Waals surface area (Å²) in [4.78, 5) is 60.2. The normalized spacial score (nSPS) is 29.7. The summed E-state index contributed by atoms with van der Waals surface area (Å²) in [6, 6.07) is 1.04. The number of hydrogen-bond acceptors (Lipinski definition) is 10. The molecule has 0 saturated carbocycles. The fourth-order valence-electron chi connectivity index (χ4n) is 3.35. The van der Waals surface area contributed by atoms with E-state index in [1.54, 1.807) is 0 Å². The van der Waals surface area contributed by atoms with E-state index in [9.17, 15) is 38.2 Å². The van der Waals surface area contributed by atoms with Gasteiger partial charge in [0.25, 0.3) is 5.56 Å². The van der Waals surface area contributed by atoms with E-state index in [2.05, 4.69) is 14.5 Å². The number of hydrogen-bond donors (Lipinski definition) is 6. The molecule has 4 unspecified atom stereocenters. The standard InChI is InChI=1S/C14H20ClN2O14P3/c1-4-14(15)9(6-18)11(28-12(14)17-7(2)5-10(19)16-13(17)20)8(3)29-33(24,25)31-34(26,27)30-32(21,22)23/h1,5,8-9,11-12,18H,6H2,2-3H3,(H,24,25)(H,26,27)(H,16,19,20)(H2,21,22,23)/t8-,9?,11-,12-,14?/m1/s1. The van der Waals surface area contributed by atoms with Crippen molar-refractivity contribution < 1.29 is 56.3 Å². The average molecular weight is 569 g/mol. The Hall–Kier alpha value is -1.14. The minimum Gasteiger partial charge on any atom is -0.396 e. The van der Waals surface area contributed by atoms with Gasteiger partial charge in [0.1, 0.15) is 0 Å². The number of H-pyrrole nitrogens is 1. The van der Waals surface area contributed by atoms with Crippen LogP contribution in [0.25, 0.3) is 0 Å². The van der Waals surface area contributed by atoms with Crippen molar-refractivity contribution in [2.45, 2.75) is 37.2 Å². The van der Waals surface area contributed by atoms with Crippen LogP contribution in [0.5, 0.6) is 0 Å². The van der Waals surface area contributed by atoms with Gasteiger partial charge in [0.05, 0.1) is 18.8 Å². The van der Waals surface area contributed by atoms with E-state index in [0.717, 1.165) is 17.6 Å². The average Bonchev–Trinajstić information content (AvgIpc) is 2.90. The number of aliphatic hydroxyl groups excluding tert-OH is 1. The van der Waals surface area contributed by atoms with Gasteiger partial charge in [-0.1, -0.05) is 17.5 Å². The number of ether oxygens (including phenoxy) is 1. The molecule has 7 atom stereocenters. The van der Waals surface area contributed by atoms with Crippen LogP contribution < -0.4 is 11.2 Å². The molecule has 6 N–H and O–H groups in total. The number of aliphatic hydroxyl groups is 1. The van der Waals surface area contributed by atoms with E-state index in [-0.39, 0.29) is 5.69 Å². The number of alkyl halides is 1. The second-order valence-electron chi connectivity index (χ2n) is 7.01. The third kappa shape index (κ3) is 6.54. The van der Waals surface area contributed by atoms with Crippen molar-refractivity contribution >= 4 is 35.1 Å². The fraction of sp³-hybridized carbons (Fsp3) is 0.571. The molecule has 0 radical (unpaired) electrons. The zero-order chi connectivity index (χ0) is 26.3. The zero-order valence-corrected chi connectivity index (χ0v) is 20.7. The van der Waals surface area contributed by atoms with E-state index in [1.165, 1.54) is 6.92 Å². The number of phosphoric acid groups is 3. The molecule has 0 bridgehead atoms. The van der Waals surface area contributed by atoms with Crippen LogP contribution in [0.2, 0.25) is 0 Å². The van der Waals surface area contributed by atoms with Crippen LogP contribution in [0.15, 0.2) is 15.7 Å². The molecule has 192 valence electrons. The van der Waals surface area contributed by atoms with Crippen molar-refractivity contribution in [1.82, 2.24) is 9.55 Å². The van der Waals surface area contributed by atoms with E-state index >= 15 is 0 Å². The molecule has 16 nitrogen and oxygen atoms in total. The van der Waals surface area contributed by atoms with Gasteiger partial charge in [-0.2, -0.15) is 8.62 Å². The molecule has 0 aromatic carbocycles. The van der Waals surface area contributed by atoms with E-state index < -0.39 is 70.6 Å². The number of aryl methyl sites for hydroxylation is 1. The maximum atomic E-state index is 12.4. The fourth-order valence-corrected chi connectivity index (χ4v) is 6.89. The quantitative estimate of drug-likeness (QED) is 0.127. The lowest BCUT2D eigenvalue weighted by Crippen LogP contribution is -2.44. The van der Waals surface area contributed by atoms with Gasteiger partial charge in [-0.05, 0) is 13.8 Å². The Morgan fingerprint density at radius 3 is 2.32 bits per heavy atom. The monoisotopic (exact) mass is 568 g/mol. The smallest absolute Gasteiger partial charge is 0.396 e. The highest BCUT2D eigenvalue weighted by atomic mass is 35.5. The van der Waals surface area contributed by atoms with Crippen LogP contribution in [-0.2, 0) is 31.6 Å². The first kappa shape index (κ1) is 29.1. The Bertz CT molecular complexity index is 1240. The summed E-state index contributed by atoms with van der Waals surface area (Å²) >= 11 is 6.51. The molecule has 0 spiro atoms. The minimum atomic E-state index is -5.78. The molecule has 2 rings (SSSR count). The summed E-state index contributed by atoms with van der Waals surface area (Å²) in [6.07, 6.45) is 0.952. The molecule has 1 aromatic heterocycles. The van der Waals surface area contributed by atoms with Crippen LogP contribution in [0, 0.1) is 25.2 Å². The number of nitrogens with one attached hydrogen (secondary N) is 1. The highest BCUT2D eigenvalue weighted by Gasteiger charge is 2.58. The molecule has 0 amide bonds. The number of aromatic nitrogens is 2. The van der Waals surface area contributed by atoms with Gasteiger partial charge in [0, 0.05) is 17.7 Å². The maximum Gasteiger partial charge on any atom is 0.490 e. The summed E-state index contributed by atoms with van der Waals surface area (Å²) in [5, 5.41) is 9.90. The second-order valence-corrected chi connectivity index (χ2v) is 12.0. The second kappa shape index (κ2) is 10.1. The van der Waals surface area contributed by atoms with E-state index in [0.29, 0.717) is 0 Å². The van der Waals surface area contributed by atoms with Crippen molar-refractivity contribution in [2.24, 2.45) is 5.92 Å². The lowest BCUT2D eigenvalue weighted by atomic mass is 9.87. The van der Waals surface area contributed by atoms with Gasteiger partial charge in [-0.3, -0.25) is 18.9 Å². The topological polar surface area (TPSA) is 244 Å². The molecular formula is C14H20ClN2O14P3. The largest absolute Gasteiger partial charge is 0.490 e. The highest BCUT2D eigenvalue weighted by Crippen LogP contribution is 2.67. The van der Waals surface area contributed by atoms with Gasteiger partial charge in [0.2, 0.25) is 0 Å². The molecule has 34 heavy (non-hydrogen) atoms. The van der Waals surface area contributed by atoms with Gasteiger partial charge in [0.15, 0.2) is 11.1 Å². The molecule has 2 heterocycles. The first-order valence-corrected chi connectivity index (χ1v) is 13.8. The highest BCUT2D eigenvalue weighted by molar-refractivity contribution is 7.66. The predicted octanol–water partition coefficient (Wildman–Crippen LogP) is -0.306. The molecule has 1 saturated heterocycles. The summed E-state index contributed by atoms with van der Waals surface area (Å²) < 4.78 is 53.0. The van der Waals surface area contributed by atoms with Crippen molar-refractivity contribution in [1.29, 1.82) is 0 Å². The first-order valence-electron chi connectivity index (χ1n) is 8.93. The molecule has 1 aliphatic heterocycles. The Kier molecular flexibility index (Phi) is 8.63.